The minimum Gasteiger partial charge on any atom is -0.461 e. The van der Waals surface area contributed by atoms with Crippen LogP contribution in [0.25, 0.3) is 22.4 Å². The van der Waals surface area contributed by atoms with E-state index in [-0.39, 0.29) is 0 Å². The van der Waals surface area contributed by atoms with E-state index in [4.69, 9.17) is 8.83 Å². The molecule has 7 nitrogen and oxygen atoms in total. The van der Waals surface area contributed by atoms with Crippen LogP contribution in [-0.4, -0.2) is 23.1 Å². The number of aromatic nitrogens is 1. The summed E-state index contributed by atoms with van der Waals surface area (Å²) in [6, 6.07) is 17.4. The Balaban J connectivity index is 1.26. The number of alkyl carbamates (subject to hydrolysis) is 1. The highest BCUT2D eigenvalue weighted by molar-refractivity contribution is 5.95. The van der Waals surface area contributed by atoms with Gasteiger partial charge in [-0.15, -0.1) is 0 Å². The first-order valence-electron chi connectivity index (χ1n) is 10.6. The van der Waals surface area contributed by atoms with Crippen LogP contribution in [-0.2, 0) is 22.4 Å². The van der Waals surface area contributed by atoms with E-state index in [9.17, 15) is 9.59 Å². The lowest BCUT2D eigenvalue weighted by Gasteiger charge is -2.05. The van der Waals surface area contributed by atoms with Gasteiger partial charge in [-0.1, -0.05) is 24.3 Å². The highest BCUT2D eigenvalue weighted by Gasteiger charge is 2.31. The number of benzene rings is 2. The Bertz CT molecular complexity index is 1290. The van der Waals surface area contributed by atoms with Gasteiger partial charge in [-0.3, -0.25) is 0 Å². The zero-order valence-corrected chi connectivity index (χ0v) is 17.6. The molecule has 7 heteroatoms. The number of esters is 1. The molecular weight excluding hydrogens is 408 g/mol. The topological polar surface area (TPSA) is 94.6 Å². The Hall–Kier alpha value is -3.87. The molecule has 0 spiro atoms. The molecule has 32 heavy (non-hydrogen) atoms. The van der Waals surface area contributed by atoms with Crippen molar-refractivity contribution in [2.45, 2.75) is 38.6 Å². The molecule has 2 aromatic heterocycles. The van der Waals surface area contributed by atoms with Crippen molar-refractivity contribution in [1.29, 1.82) is 0 Å². The first-order chi connectivity index (χ1) is 15.5. The third-order valence-corrected chi connectivity index (χ3v) is 5.61. The Morgan fingerprint density at radius 2 is 1.88 bits per heavy atom. The lowest BCUT2D eigenvalue weighted by atomic mass is 10.0. The molecule has 1 atom stereocenters. The predicted octanol–water partition coefficient (Wildman–Crippen LogP) is 4.94. The number of aryl methyl sites for hydroxylation is 2. The normalized spacial score (nSPS) is 15.8. The Morgan fingerprint density at radius 1 is 1.03 bits per heavy atom. The number of hydrogen-bond donors (Lipinski definition) is 1. The van der Waals surface area contributed by atoms with Gasteiger partial charge in [0, 0.05) is 10.9 Å². The number of amides is 1. The molecule has 0 radical (unpaired) electrons. The number of cyclic esters (lactones) is 2. The van der Waals surface area contributed by atoms with Crippen molar-refractivity contribution in [1.82, 2.24) is 10.3 Å². The van der Waals surface area contributed by atoms with Crippen molar-refractivity contribution in [3.63, 3.8) is 0 Å². The van der Waals surface area contributed by atoms with Gasteiger partial charge in [0.05, 0.1) is 12.1 Å². The van der Waals surface area contributed by atoms with Gasteiger partial charge in [-0.05, 0) is 62.1 Å². The maximum atomic E-state index is 11.5. The smallest absolute Gasteiger partial charge is 0.415 e. The van der Waals surface area contributed by atoms with Gasteiger partial charge in [0.2, 0.25) is 5.89 Å². The van der Waals surface area contributed by atoms with Gasteiger partial charge < -0.3 is 18.9 Å². The summed E-state index contributed by atoms with van der Waals surface area (Å²) in [5.74, 6) is 1.72. The molecule has 3 heterocycles. The van der Waals surface area contributed by atoms with E-state index in [1.807, 2.05) is 55.5 Å². The van der Waals surface area contributed by atoms with Gasteiger partial charge in [0.1, 0.15) is 23.1 Å². The van der Waals surface area contributed by atoms with Crippen LogP contribution in [0.1, 0.15) is 35.6 Å². The quantitative estimate of drug-likeness (QED) is 0.329. The molecule has 5 rings (SSSR count). The second-order valence-corrected chi connectivity index (χ2v) is 7.95. The number of nitrogens with one attached hydrogen (secondary N) is 1. The third kappa shape index (κ3) is 4.14. The molecule has 0 saturated carbocycles. The lowest BCUT2D eigenvalue weighted by Crippen LogP contribution is -2.28. The Kier molecular flexibility index (Phi) is 5.23. The second kappa shape index (κ2) is 8.34. The van der Waals surface area contributed by atoms with Gasteiger partial charge >= 0.3 is 12.1 Å². The molecule has 162 valence electrons. The Labute approximate surface area is 184 Å². The average molecular weight is 430 g/mol. The highest BCUT2D eigenvalue weighted by Crippen LogP contribution is 2.27. The summed E-state index contributed by atoms with van der Waals surface area (Å²) in [5.41, 5.74) is 3.77. The number of hydrogen-bond acceptors (Lipinski definition) is 6. The van der Waals surface area contributed by atoms with E-state index in [0.717, 1.165) is 52.2 Å². The number of rotatable bonds is 7. The lowest BCUT2D eigenvalue weighted by molar-refractivity contribution is -0.135. The zero-order chi connectivity index (χ0) is 22.1. The zero-order valence-electron chi connectivity index (χ0n) is 17.6. The van der Waals surface area contributed by atoms with E-state index in [1.165, 1.54) is 0 Å². The molecule has 1 N–H and O–H groups in total. The predicted molar refractivity (Wildman–Crippen MR) is 117 cm³/mol. The number of furan rings is 1. The van der Waals surface area contributed by atoms with Crippen LogP contribution < -0.4 is 5.32 Å². The summed E-state index contributed by atoms with van der Waals surface area (Å²) in [7, 11) is 0. The summed E-state index contributed by atoms with van der Waals surface area (Å²) in [5, 5.41) is 3.55. The molecule has 1 aliphatic heterocycles. The van der Waals surface area contributed by atoms with E-state index in [2.05, 4.69) is 21.1 Å². The van der Waals surface area contributed by atoms with Gasteiger partial charge in [-0.2, -0.15) is 0 Å². The van der Waals surface area contributed by atoms with E-state index >= 15 is 0 Å². The molecule has 2 aromatic carbocycles. The first kappa shape index (κ1) is 20.1. The van der Waals surface area contributed by atoms with Crippen LogP contribution in [0.2, 0.25) is 0 Å². The maximum absolute atomic E-state index is 11.5. The largest absolute Gasteiger partial charge is 0.461 e. The van der Waals surface area contributed by atoms with Gasteiger partial charge in [0.15, 0.2) is 0 Å². The van der Waals surface area contributed by atoms with E-state index in [1.54, 1.807) is 0 Å². The van der Waals surface area contributed by atoms with Crippen LogP contribution in [0, 0.1) is 6.92 Å². The fourth-order valence-corrected chi connectivity index (χ4v) is 3.95. The van der Waals surface area contributed by atoms with Gasteiger partial charge in [0.25, 0.3) is 0 Å². The van der Waals surface area contributed by atoms with Crippen molar-refractivity contribution in [3.05, 3.63) is 77.4 Å². The molecule has 0 bridgehead atoms. The van der Waals surface area contributed by atoms with Crippen LogP contribution in [0.5, 0.6) is 0 Å². The fourth-order valence-electron chi connectivity index (χ4n) is 3.95. The fraction of sp³-hybridized carbons (Fsp3) is 0.240. The van der Waals surface area contributed by atoms with Crippen molar-refractivity contribution >= 4 is 23.0 Å². The minimum atomic E-state index is -0.661. The molecule has 1 unspecified atom stereocenters. The van der Waals surface area contributed by atoms with Crippen LogP contribution in [0.15, 0.2) is 63.4 Å². The SMILES string of the molecule is Cc1oc(-c2ccccc2)nc1Cc1cc2cc(CCCC3NC(=O)OC3=O)ccc2o1. The van der Waals surface area contributed by atoms with Crippen molar-refractivity contribution in [3.8, 4) is 11.5 Å². The molecule has 1 fully saturated rings. The first-order valence-corrected chi connectivity index (χ1v) is 10.6. The van der Waals surface area contributed by atoms with Crippen molar-refractivity contribution in [2.24, 2.45) is 0 Å². The van der Waals surface area contributed by atoms with Crippen molar-refractivity contribution < 1.29 is 23.2 Å². The number of carbonyl (C=O) groups excluding carboxylic acids is 2. The number of nitrogens with zero attached hydrogens (tertiary/aromatic N) is 1. The van der Waals surface area contributed by atoms with Crippen LogP contribution in [0.3, 0.4) is 0 Å². The molecule has 1 saturated heterocycles. The summed E-state index contributed by atoms with van der Waals surface area (Å²) in [6.45, 7) is 1.91. The second-order valence-electron chi connectivity index (χ2n) is 7.95. The molecule has 0 aliphatic carbocycles. The average Bonchev–Trinajstić information content (AvgIpc) is 3.45. The van der Waals surface area contributed by atoms with Crippen LogP contribution in [0.4, 0.5) is 4.79 Å². The number of oxazole rings is 1. The number of carbonyl (C=O) groups is 2. The summed E-state index contributed by atoms with van der Waals surface area (Å²) >= 11 is 0. The van der Waals surface area contributed by atoms with Gasteiger partial charge in [-0.25, -0.2) is 14.6 Å². The van der Waals surface area contributed by atoms with Crippen LogP contribution >= 0.6 is 0 Å². The molecule has 1 amide bonds. The molecule has 1 aliphatic rings. The third-order valence-electron chi connectivity index (χ3n) is 5.61. The van der Waals surface area contributed by atoms with Crippen molar-refractivity contribution in [2.75, 3.05) is 0 Å². The Morgan fingerprint density at radius 3 is 2.66 bits per heavy atom. The van der Waals surface area contributed by atoms with E-state index < -0.39 is 18.1 Å². The molecule has 4 aromatic rings. The summed E-state index contributed by atoms with van der Waals surface area (Å²) < 4.78 is 16.4. The highest BCUT2D eigenvalue weighted by atomic mass is 16.6. The molecular formula is C25H22N2O5. The number of ether oxygens (including phenoxy) is 1. The standard InChI is InChI=1S/C25H22N2O5/c1-15-21(26-23(30-15)17-7-3-2-4-8-17)14-19-13-18-12-16(10-11-22(18)31-19)6-5-9-20-24(28)32-25(29)27-20/h2-4,7-8,10-13,20H,5-6,9,14H2,1H3,(H,27,29). The van der Waals surface area contributed by atoms with E-state index in [0.29, 0.717) is 18.7 Å². The summed E-state index contributed by atoms with van der Waals surface area (Å²) in [4.78, 5) is 27.3. The maximum Gasteiger partial charge on any atom is 0.415 e. The number of fused-ring (bicyclic) bond motifs is 1. The minimum absolute atomic E-state index is 0.497. The monoisotopic (exact) mass is 430 g/mol. The summed E-state index contributed by atoms with van der Waals surface area (Å²) in [6.07, 6.45) is 1.99.